The van der Waals surface area contributed by atoms with Crippen LogP contribution >= 0.6 is 0 Å². The number of benzene rings is 1. The number of rotatable bonds is 9. The third-order valence-corrected chi connectivity index (χ3v) is 4.94. The Bertz CT molecular complexity index is 599. The molecule has 5 heteroatoms. The van der Waals surface area contributed by atoms with Crippen molar-refractivity contribution in [2.75, 3.05) is 13.6 Å². The van der Waals surface area contributed by atoms with Gasteiger partial charge in [0.15, 0.2) is 5.96 Å². The van der Waals surface area contributed by atoms with Gasteiger partial charge in [-0.1, -0.05) is 50.5 Å². The van der Waals surface area contributed by atoms with Gasteiger partial charge in [-0.05, 0) is 30.9 Å². The number of amides is 1. The molecule has 1 heterocycles. The average molecular weight is 359 g/mol. The van der Waals surface area contributed by atoms with E-state index < -0.39 is 0 Å². The minimum atomic E-state index is 0.270. The average Bonchev–Trinajstić information content (AvgIpc) is 3.04. The SMILES string of the molecule is CCCCCC(C)NC(=NC)NCc1ccccc1CN1CCCC1=O. The number of guanidine groups is 1. The number of hydrogen-bond acceptors (Lipinski definition) is 2. The fraction of sp³-hybridized carbons (Fsp3) is 0.619. The summed E-state index contributed by atoms with van der Waals surface area (Å²) in [5.74, 6) is 1.10. The number of unbranched alkanes of at least 4 members (excludes halogenated alkanes) is 2. The van der Waals surface area contributed by atoms with Gasteiger partial charge in [0.1, 0.15) is 0 Å². The van der Waals surface area contributed by atoms with Gasteiger partial charge in [0.2, 0.25) is 5.91 Å². The van der Waals surface area contributed by atoms with E-state index in [0.29, 0.717) is 25.6 Å². The van der Waals surface area contributed by atoms with Gasteiger partial charge in [0.05, 0.1) is 0 Å². The van der Waals surface area contributed by atoms with Gasteiger partial charge in [-0.3, -0.25) is 9.79 Å². The molecule has 1 aromatic carbocycles. The van der Waals surface area contributed by atoms with E-state index in [1.807, 2.05) is 18.0 Å². The van der Waals surface area contributed by atoms with Crippen molar-refractivity contribution in [3.63, 3.8) is 0 Å². The lowest BCUT2D eigenvalue weighted by Crippen LogP contribution is -2.42. The highest BCUT2D eigenvalue weighted by Crippen LogP contribution is 2.17. The van der Waals surface area contributed by atoms with Gasteiger partial charge in [-0.25, -0.2) is 0 Å². The number of carbonyl (C=O) groups is 1. The zero-order chi connectivity index (χ0) is 18.8. The normalized spacial score (nSPS) is 16.0. The molecular weight excluding hydrogens is 324 g/mol. The van der Waals surface area contributed by atoms with Crippen LogP contribution in [0.3, 0.4) is 0 Å². The summed E-state index contributed by atoms with van der Waals surface area (Å²) in [5.41, 5.74) is 2.43. The van der Waals surface area contributed by atoms with Gasteiger partial charge < -0.3 is 15.5 Å². The molecule has 0 aromatic heterocycles. The Labute approximate surface area is 158 Å². The summed E-state index contributed by atoms with van der Waals surface area (Å²) >= 11 is 0. The molecule has 144 valence electrons. The maximum Gasteiger partial charge on any atom is 0.222 e. The first-order valence-electron chi connectivity index (χ1n) is 9.95. The molecule has 1 saturated heterocycles. The predicted octanol–water partition coefficient (Wildman–Crippen LogP) is 3.44. The molecule has 26 heavy (non-hydrogen) atoms. The van der Waals surface area contributed by atoms with Crippen molar-refractivity contribution >= 4 is 11.9 Å². The van der Waals surface area contributed by atoms with E-state index in [-0.39, 0.29) is 5.91 Å². The van der Waals surface area contributed by atoms with Crippen LogP contribution in [0.1, 0.15) is 63.5 Å². The lowest BCUT2D eigenvalue weighted by molar-refractivity contribution is -0.128. The van der Waals surface area contributed by atoms with Crippen LogP contribution in [0.25, 0.3) is 0 Å². The quantitative estimate of drug-likeness (QED) is 0.404. The number of aliphatic imine (C=N–C) groups is 1. The second-order valence-corrected chi connectivity index (χ2v) is 7.15. The van der Waals surface area contributed by atoms with Gasteiger partial charge in [0.25, 0.3) is 0 Å². The summed E-state index contributed by atoms with van der Waals surface area (Å²) in [6, 6.07) is 8.75. The predicted molar refractivity (Wildman–Crippen MR) is 108 cm³/mol. The molecule has 0 bridgehead atoms. The monoisotopic (exact) mass is 358 g/mol. The maximum absolute atomic E-state index is 11.9. The van der Waals surface area contributed by atoms with E-state index in [4.69, 9.17) is 0 Å². The van der Waals surface area contributed by atoms with Crippen LogP contribution < -0.4 is 10.6 Å². The molecule has 0 spiro atoms. The number of hydrogen-bond donors (Lipinski definition) is 2. The molecule has 2 N–H and O–H groups in total. The summed E-state index contributed by atoms with van der Waals surface area (Å²) in [7, 11) is 1.81. The lowest BCUT2D eigenvalue weighted by Gasteiger charge is -2.20. The van der Waals surface area contributed by atoms with Crippen molar-refractivity contribution < 1.29 is 4.79 Å². The second kappa shape index (κ2) is 10.8. The molecule has 1 atom stereocenters. The van der Waals surface area contributed by atoms with Crippen molar-refractivity contribution in [3.8, 4) is 0 Å². The fourth-order valence-corrected chi connectivity index (χ4v) is 3.34. The summed E-state index contributed by atoms with van der Waals surface area (Å²) in [6.45, 7) is 6.72. The first kappa shape index (κ1) is 20.3. The number of carbonyl (C=O) groups excluding carboxylic acids is 1. The second-order valence-electron chi connectivity index (χ2n) is 7.15. The molecule has 1 fully saturated rings. The number of likely N-dealkylation sites (tertiary alicyclic amines) is 1. The third-order valence-electron chi connectivity index (χ3n) is 4.94. The maximum atomic E-state index is 11.9. The van der Waals surface area contributed by atoms with Crippen LogP contribution in [-0.2, 0) is 17.9 Å². The highest BCUT2D eigenvalue weighted by molar-refractivity contribution is 5.80. The summed E-state index contributed by atoms with van der Waals surface area (Å²) < 4.78 is 0. The van der Waals surface area contributed by atoms with Crippen LogP contribution in [-0.4, -0.2) is 36.4 Å². The standard InChI is InChI=1S/C21H34N4O/c1-4-5-6-10-17(2)24-21(22-3)23-15-18-11-7-8-12-19(18)16-25-14-9-13-20(25)26/h7-8,11-12,17H,4-6,9-10,13-16H2,1-3H3,(H2,22,23,24). The minimum Gasteiger partial charge on any atom is -0.354 e. The van der Waals surface area contributed by atoms with E-state index in [1.54, 1.807) is 0 Å². The van der Waals surface area contributed by atoms with Crippen molar-refractivity contribution in [2.24, 2.45) is 4.99 Å². The van der Waals surface area contributed by atoms with Gasteiger partial charge in [0, 0.05) is 39.1 Å². The van der Waals surface area contributed by atoms with Crippen molar-refractivity contribution in [2.45, 2.75) is 71.5 Å². The van der Waals surface area contributed by atoms with Crippen LogP contribution in [0.4, 0.5) is 0 Å². The van der Waals surface area contributed by atoms with Crippen LogP contribution in [0.2, 0.25) is 0 Å². The van der Waals surface area contributed by atoms with E-state index >= 15 is 0 Å². The molecule has 0 aliphatic carbocycles. The Hall–Kier alpha value is -2.04. The summed E-state index contributed by atoms with van der Waals surface area (Å²) in [4.78, 5) is 18.2. The molecule has 1 aromatic rings. The highest BCUT2D eigenvalue weighted by atomic mass is 16.2. The Morgan fingerprint density at radius 2 is 2.04 bits per heavy atom. The lowest BCUT2D eigenvalue weighted by atomic mass is 10.1. The first-order valence-corrected chi connectivity index (χ1v) is 9.95. The number of nitrogens with zero attached hydrogens (tertiary/aromatic N) is 2. The van der Waals surface area contributed by atoms with E-state index in [2.05, 4.69) is 47.7 Å². The zero-order valence-corrected chi connectivity index (χ0v) is 16.6. The van der Waals surface area contributed by atoms with Crippen molar-refractivity contribution in [1.82, 2.24) is 15.5 Å². The van der Waals surface area contributed by atoms with E-state index in [9.17, 15) is 4.79 Å². The number of nitrogens with one attached hydrogen (secondary N) is 2. The van der Waals surface area contributed by atoms with Gasteiger partial charge in [-0.2, -0.15) is 0 Å². The molecule has 1 aliphatic heterocycles. The van der Waals surface area contributed by atoms with Crippen molar-refractivity contribution in [1.29, 1.82) is 0 Å². The molecule has 1 aliphatic rings. The Balaban J connectivity index is 1.88. The Morgan fingerprint density at radius 1 is 1.27 bits per heavy atom. The van der Waals surface area contributed by atoms with Crippen molar-refractivity contribution in [3.05, 3.63) is 35.4 Å². The third kappa shape index (κ3) is 6.36. The highest BCUT2D eigenvalue weighted by Gasteiger charge is 2.20. The Morgan fingerprint density at radius 3 is 2.69 bits per heavy atom. The molecule has 2 rings (SSSR count). The van der Waals surface area contributed by atoms with Crippen LogP contribution in [0.5, 0.6) is 0 Å². The smallest absolute Gasteiger partial charge is 0.222 e. The first-order chi connectivity index (χ1) is 12.6. The van der Waals surface area contributed by atoms with Gasteiger partial charge in [-0.15, -0.1) is 0 Å². The van der Waals surface area contributed by atoms with E-state index in [1.165, 1.54) is 30.4 Å². The van der Waals surface area contributed by atoms with Crippen LogP contribution in [0.15, 0.2) is 29.3 Å². The molecule has 1 unspecified atom stereocenters. The molecule has 1 amide bonds. The largest absolute Gasteiger partial charge is 0.354 e. The zero-order valence-electron chi connectivity index (χ0n) is 16.6. The topological polar surface area (TPSA) is 56.7 Å². The Kier molecular flexibility index (Phi) is 8.45. The molecule has 0 saturated carbocycles. The fourth-order valence-electron chi connectivity index (χ4n) is 3.34. The minimum absolute atomic E-state index is 0.270. The summed E-state index contributed by atoms with van der Waals surface area (Å²) in [6.07, 6.45) is 6.59. The molecular formula is C21H34N4O. The van der Waals surface area contributed by atoms with E-state index in [0.717, 1.165) is 25.3 Å². The summed E-state index contributed by atoms with van der Waals surface area (Å²) in [5, 5.41) is 6.89. The van der Waals surface area contributed by atoms with Gasteiger partial charge >= 0.3 is 0 Å². The molecule has 5 nitrogen and oxygen atoms in total. The molecule has 0 radical (unpaired) electrons. The van der Waals surface area contributed by atoms with Crippen LogP contribution in [0, 0.1) is 0 Å².